The van der Waals surface area contributed by atoms with Gasteiger partial charge in [0.05, 0.1) is 24.1 Å². The molecular weight excluding hydrogens is 336 g/mol. The van der Waals surface area contributed by atoms with Gasteiger partial charge in [0, 0.05) is 26.1 Å². The van der Waals surface area contributed by atoms with Crippen molar-refractivity contribution < 1.29 is 24.2 Å². The highest BCUT2D eigenvalue weighted by molar-refractivity contribution is 6.01. The maximum Gasteiger partial charge on any atom is 0.308 e. The second kappa shape index (κ2) is 7.76. The van der Waals surface area contributed by atoms with E-state index >= 15 is 0 Å². The summed E-state index contributed by atoms with van der Waals surface area (Å²) >= 11 is 0. The first-order valence-electron chi connectivity index (χ1n) is 9.05. The van der Waals surface area contributed by atoms with Gasteiger partial charge in [-0.25, -0.2) is 0 Å². The minimum Gasteiger partial charge on any atom is -0.492 e. The van der Waals surface area contributed by atoms with Crippen LogP contribution < -0.4 is 9.64 Å². The molecule has 3 rings (SSSR count). The smallest absolute Gasteiger partial charge is 0.308 e. The van der Waals surface area contributed by atoms with Gasteiger partial charge in [-0.15, -0.1) is 0 Å². The molecule has 140 valence electrons. The number of ether oxygens (including phenoxy) is 1. The Kier molecular flexibility index (Phi) is 5.44. The van der Waals surface area contributed by atoms with Crippen LogP contribution in [-0.4, -0.2) is 54.0 Å². The normalized spacial score (nSPS) is 23.2. The van der Waals surface area contributed by atoms with Crippen LogP contribution >= 0.6 is 0 Å². The maximum atomic E-state index is 12.8. The van der Waals surface area contributed by atoms with Crippen molar-refractivity contribution in [2.75, 3.05) is 31.1 Å². The molecule has 2 fully saturated rings. The summed E-state index contributed by atoms with van der Waals surface area (Å²) in [6, 6.07) is 7.31. The molecular formula is C19H24N2O5. The number of amides is 2. The highest BCUT2D eigenvalue weighted by atomic mass is 16.5. The molecule has 0 radical (unpaired) electrons. The number of para-hydroxylation sites is 2. The van der Waals surface area contributed by atoms with Crippen LogP contribution in [0.5, 0.6) is 5.75 Å². The van der Waals surface area contributed by atoms with Crippen LogP contribution in [0.3, 0.4) is 0 Å². The van der Waals surface area contributed by atoms with Crippen molar-refractivity contribution in [3.63, 3.8) is 0 Å². The number of anilines is 1. The number of rotatable bonds is 5. The molecule has 2 amide bonds. The highest BCUT2D eigenvalue weighted by Gasteiger charge is 2.39. The van der Waals surface area contributed by atoms with Gasteiger partial charge in [-0.2, -0.15) is 0 Å². The summed E-state index contributed by atoms with van der Waals surface area (Å²) in [5.41, 5.74) is 0.678. The number of piperidine rings is 1. The Morgan fingerprint density at radius 1 is 1.23 bits per heavy atom. The highest BCUT2D eigenvalue weighted by Crippen LogP contribution is 2.34. The van der Waals surface area contributed by atoms with Crippen LogP contribution in [0, 0.1) is 11.8 Å². The number of likely N-dealkylation sites (tertiary alicyclic amines) is 1. The number of benzene rings is 1. The predicted molar refractivity (Wildman–Crippen MR) is 95.0 cm³/mol. The average molecular weight is 360 g/mol. The summed E-state index contributed by atoms with van der Waals surface area (Å²) in [6.45, 7) is 3.46. The molecule has 2 saturated heterocycles. The topological polar surface area (TPSA) is 87.2 Å². The van der Waals surface area contributed by atoms with Crippen molar-refractivity contribution >= 4 is 23.5 Å². The molecule has 2 heterocycles. The number of carbonyl (C=O) groups excluding carboxylic acids is 2. The van der Waals surface area contributed by atoms with E-state index in [0.717, 1.165) is 0 Å². The number of carboxylic acid groups (broad SMARTS) is 1. The van der Waals surface area contributed by atoms with Gasteiger partial charge >= 0.3 is 5.97 Å². The molecule has 0 aromatic heterocycles. The lowest BCUT2D eigenvalue weighted by Crippen LogP contribution is -2.45. The summed E-state index contributed by atoms with van der Waals surface area (Å²) in [5, 5.41) is 9.20. The molecule has 1 aromatic carbocycles. The van der Waals surface area contributed by atoms with Gasteiger partial charge in [0.25, 0.3) is 0 Å². The summed E-state index contributed by atoms with van der Waals surface area (Å²) in [5.74, 6) is -1.43. The second-order valence-corrected chi connectivity index (χ2v) is 6.77. The number of carboxylic acids is 1. The first-order valence-corrected chi connectivity index (χ1v) is 9.05. The van der Waals surface area contributed by atoms with E-state index in [-0.39, 0.29) is 24.8 Å². The monoisotopic (exact) mass is 360 g/mol. The summed E-state index contributed by atoms with van der Waals surface area (Å²) in [6.07, 6.45) is 1.42. The number of aliphatic carboxylic acids is 1. The Bertz CT molecular complexity index is 705. The molecule has 2 aliphatic rings. The second-order valence-electron chi connectivity index (χ2n) is 6.77. The van der Waals surface area contributed by atoms with Crippen LogP contribution in [0.25, 0.3) is 0 Å². The Morgan fingerprint density at radius 3 is 2.73 bits per heavy atom. The van der Waals surface area contributed by atoms with Gasteiger partial charge in [0.1, 0.15) is 5.75 Å². The van der Waals surface area contributed by atoms with Crippen molar-refractivity contribution in [1.29, 1.82) is 0 Å². The number of nitrogens with zero attached hydrogens (tertiary/aromatic N) is 2. The minimum atomic E-state index is -0.864. The molecule has 0 saturated carbocycles. The Labute approximate surface area is 152 Å². The third-order valence-electron chi connectivity index (χ3n) is 5.01. The first-order chi connectivity index (χ1) is 12.5. The van der Waals surface area contributed by atoms with Gasteiger partial charge in [-0.3, -0.25) is 14.4 Å². The van der Waals surface area contributed by atoms with E-state index in [1.807, 2.05) is 31.2 Å². The van der Waals surface area contributed by atoms with Crippen molar-refractivity contribution in [2.45, 2.75) is 26.2 Å². The van der Waals surface area contributed by atoms with E-state index in [9.17, 15) is 19.5 Å². The molecule has 1 unspecified atom stereocenters. The summed E-state index contributed by atoms with van der Waals surface area (Å²) < 4.78 is 5.60. The summed E-state index contributed by atoms with van der Waals surface area (Å²) in [7, 11) is 0. The number of carbonyl (C=O) groups is 3. The minimum absolute atomic E-state index is 0.109. The third-order valence-corrected chi connectivity index (χ3v) is 5.01. The molecule has 0 spiro atoms. The number of hydrogen-bond donors (Lipinski definition) is 1. The van der Waals surface area contributed by atoms with Crippen LogP contribution in [0.1, 0.15) is 26.2 Å². The average Bonchev–Trinajstić information content (AvgIpc) is 3.03. The SMILES string of the molecule is CCOc1ccccc1N1CC(C(=O)N2CCC[C@H](C(=O)O)C2)CC1=O. The molecule has 2 atom stereocenters. The standard InChI is InChI=1S/C19H24N2O5/c1-2-26-16-8-4-3-7-15(16)21-12-14(10-17(21)22)18(23)20-9-5-6-13(11-20)19(24)25/h3-4,7-8,13-14H,2,5-6,9-12H2,1H3,(H,24,25)/t13-,14?/m0/s1. The fourth-order valence-corrected chi connectivity index (χ4v) is 3.70. The molecule has 2 aliphatic heterocycles. The lowest BCUT2D eigenvalue weighted by atomic mass is 9.96. The predicted octanol–water partition coefficient (Wildman–Crippen LogP) is 1.76. The zero-order valence-corrected chi connectivity index (χ0v) is 14.9. The zero-order valence-electron chi connectivity index (χ0n) is 14.9. The summed E-state index contributed by atoms with van der Waals surface area (Å²) in [4.78, 5) is 39.8. The molecule has 0 aliphatic carbocycles. The molecule has 7 heteroatoms. The zero-order chi connectivity index (χ0) is 18.7. The van der Waals surface area contributed by atoms with E-state index in [1.165, 1.54) is 0 Å². The van der Waals surface area contributed by atoms with Crippen LogP contribution in [0.15, 0.2) is 24.3 Å². The molecule has 1 N–H and O–H groups in total. The largest absolute Gasteiger partial charge is 0.492 e. The Morgan fingerprint density at radius 2 is 2.00 bits per heavy atom. The molecule has 7 nitrogen and oxygen atoms in total. The Hall–Kier alpha value is -2.57. The molecule has 1 aromatic rings. The lowest BCUT2D eigenvalue weighted by Gasteiger charge is -2.32. The number of hydrogen-bond acceptors (Lipinski definition) is 4. The fraction of sp³-hybridized carbons (Fsp3) is 0.526. The third kappa shape index (κ3) is 3.66. The van der Waals surface area contributed by atoms with Crippen molar-refractivity contribution in [3.8, 4) is 5.75 Å². The van der Waals surface area contributed by atoms with Gasteiger partial charge in [0.2, 0.25) is 11.8 Å². The fourth-order valence-electron chi connectivity index (χ4n) is 3.70. The molecule has 26 heavy (non-hydrogen) atoms. The first kappa shape index (κ1) is 18.2. The lowest BCUT2D eigenvalue weighted by molar-refractivity contribution is -0.146. The van der Waals surface area contributed by atoms with Gasteiger partial charge in [0.15, 0.2) is 0 Å². The molecule has 0 bridgehead atoms. The van der Waals surface area contributed by atoms with E-state index in [0.29, 0.717) is 44.0 Å². The van der Waals surface area contributed by atoms with Crippen molar-refractivity contribution in [2.24, 2.45) is 11.8 Å². The van der Waals surface area contributed by atoms with E-state index in [2.05, 4.69) is 0 Å². The van der Waals surface area contributed by atoms with Crippen molar-refractivity contribution in [1.82, 2.24) is 4.90 Å². The van der Waals surface area contributed by atoms with E-state index < -0.39 is 17.8 Å². The van der Waals surface area contributed by atoms with Crippen molar-refractivity contribution in [3.05, 3.63) is 24.3 Å². The van der Waals surface area contributed by atoms with Gasteiger partial charge in [-0.05, 0) is 31.9 Å². The maximum absolute atomic E-state index is 12.8. The van der Waals surface area contributed by atoms with Crippen LogP contribution in [-0.2, 0) is 14.4 Å². The van der Waals surface area contributed by atoms with Gasteiger partial charge < -0.3 is 19.6 Å². The quantitative estimate of drug-likeness (QED) is 0.865. The van der Waals surface area contributed by atoms with E-state index in [1.54, 1.807) is 9.80 Å². The van der Waals surface area contributed by atoms with Gasteiger partial charge in [-0.1, -0.05) is 12.1 Å². The van der Waals surface area contributed by atoms with Crippen LogP contribution in [0.2, 0.25) is 0 Å². The Balaban J connectivity index is 1.71. The van der Waals surface area contributed by atoms with Crippen LogP contribution in [0.4, 0.5) is 5.69 Å². The van der Waals surface area contributed by atoms with E-state index in [4.69, 9.17) is 4.74 Å².